The Morgan fingerprint density at radius 1 is 1.40 bits per heavy atom. The number of hydrogen-bond donors (Lipinski definition) is 2. The topological polar surface area (TPSA) is 89.5 Å². The summed E-state index contributed by atoms with van der Waals surface area (Å²) in [5.41, 5.74) is 0.465. The van der Waals surface area contributed by atoms with Gasteiger partial charge in [-0.1, -0.05) is 0 Å². The third-order valence-electron chi connectivity index (χ3n) is 1.55. The number of hydrogen-bond acceptors (Lipinski definition) is 4. The Morgan fingerprint density at radius 2 is 1.93 bits per heavy atom. The number of aliphatic hydroxyl groups excluding tert-OH is 1. The number of carbonyl (C=O) groups is 1. The molecule has 15 heavy (non-hydrogen) atoms. The number of anilines is 1. The fourth-order valence-electron chi connectivity index (χ4n) is 0.890. The van der Waals surface area contributed by atoms with Crippen molar-refractivity contribution in [2.75, 3.05) is 11.9 Å². The standard InChI is InChI=1S/C8H10AsNO4.Na/c11-5-8(12)10-7-3-1-6(2-4-7)9(13)14;/h1-4,9,11H,5H2,(H,10,12)(H,13,14);/q;+1/p-1. The largest absolute Gasteiger partial charge is 1.00 e. The van der Waals surface area contributed by atoms with E-state index in [0.29, 0.717) is 5.69 Å². The zero-order chi connectivity index (χ0) is 10.6. The first-order valence-corrected chi connectivity index (χ1v) is 6.62. The average molecular weight is 281 g/mol. The van der Waals surface area contributed by atoms with Crippen molar-refractivity contribution in [1.29, 1.82) is 0 Å². The van der Waals surface area contributed by atoms with Crippen LogP contribution in [0.2, 0.25) is 0 Å². The molecule has 0 aliphatic heterocycles. The van der Waals surface area contributed by atoms with Gasteiger partial charge in [0.1, 0.15) is 0 Å². The van der Waals surface area contributed by atoms with Gasteiger partial charge in [0.2, 0.25) is 0 Å². The number of rotatable bonds is 3. The average Bonchev–Trinajstić information content (AvgIpc) is 2.18. The van der Waals surface area contributed by atoms with Gasteiger partial charge in [-0.25, -0.2) is 0 Å². The summed E-state index contributed by atoms with van der Waals surface area (Å²) in [5, 5.41) is 10.8. The van der Waals surface area contributed by atoms with Crippen molar-refractivity contribution in [3.63, 3.8) is 0 Å². The van der Waals surface area contributed by atoms with Crippen LogP contribution in [-0.4, -0.2) is 32.6 Å². The van der Waals surface area contributed by atoms with Crippen molar-refractivity contribution in [1.82, 2.24) is 0 Å². The molecule has 0 radical (unpaired) electrons. The molecule has 7 heteroatoms. The first-order chi connectivity index (χ1) is 6.63. The Labute approximate surface area is 114 Å². The fourth-order valence-corrected chi connectivity index (χ4v) is 1.81. The zero-order valence-corrected chi connectivity index (χ0v) is 12.3. The maximum Gasteiger partial charge on any atom is 1.00 e. The molecule has 1 aromatic rings. The van der Waals surface area contributed by atoms with Gasteiger partial charge < -0.3 is 0 Å². The van der Waals surface area contributed by atoms with E-state index >= 15 is 0 Å². The van der Waals surface area contributed by atoms with Gasteiger partial charge in [0.25, 0.3) is 0 Å². The van der Waals surface area contributed by atoms with Gasteiger partial charge in [0.05, 0.1) is 0 Å². The zero-order valence-electron chi connectivity index (χ0n) is 8.19. The Hall–Kier alpha value is -0.0316. The van der Waals surface area contributed by atoms with Crippen molar-refractivity contribution >= 4 is 30.9 Å². The quantitative estimate of drug-likeness (QED) is 0.542. The van der Waals surface area contributed by atoms with Crippen molar-refractivity contribution in [2.45, 2.75) is 0 Å². The van der Waals surface area contributed by atoms with Gasteiger partial charge >= 0.3 is 114 Å². The second-order valence-corrected chi connectivity index (χ2v) is 4.99. The minimum absolute atomic E-state index is 0. The maximum atomic E-state index is 10.7. The summed E-state index contributed by atoms with van der Waals surface area (Å²) in [4.78, 5) is 10.7. The van der Waals surface area contributed by atoms with Crippen LogP contribution < -0.4 is 43.3 Å². The molecule has 1 rings (SSSR count). The number of carbonyl (C=O) groups excluding carboxylic acids is 1. The molecule has 0 heterocycles. The van der Waals surface area contributed by atoms with Crippen LogP contribution in [0, 0.1) is 0 Å². The molecule has 0 aromatic heterocycles. The number of benzene rings is 1. The van der Waals surface area contributed by atoms with E-state index in [4.69, 9.17) is 5.11 Å². The smallest absolute Gasteiger partial charge is 1.00 e. The SMILES string of the molecule is O=C(CO)Nc1ccc([AsH](=O)[O-])cc1.[Na+]. The molecular formula is C8H9AsNNaO4. The van der Waals surface area contributed by atoms with Crippen molar-refractivity contribution in [3.05, 3.63) is 24.3 Å². The second-order valence-electron chi connectivity index (χ2n) is 2.57. The van der Waals surface area contributed by atoms with Crippen LogP contribution in [0.1, 0.15) is 0 Å². The Bertz CT molecular complexity index is 354. The fraction of sp³-hybridized carbons (Fsp3) is 0.125. The molecule has 1 amide bonds. The van der Waals surface area contributed by atoms with Gasteiger partial charge in [-0.05, 0) is 0 Å². The molecule has 0 saturated heterocycles. The van der Waals surface area contributed by atoms with Crippen LogP contribution in [0.25, 0.3) is 0 Å². The van der Waals surface area contributed by atoms with E-state index in [1.165, 1.54) is 24.3 Å². The number of amides is 1. The van der Waals surface area contributed by atoms with Gasteiger partial charge in [0, 0.05) is 0 Å². The van der Waals surface area contributed by atoms with Gasteiger partial charge in [-0.15, -0.1) is 0 Å². The molecular weight excluding hydrogens is 272 g/mol. The summed E-state index contributed by atoms with van der Waals surface area (Å²) in [5.74, 6) is -0.529. The summed E-state index contributed by atoms with van der Waals surface area (Å²) in [6.07, 6.45) is 0. The Kier molecular flexibility index (Phi) is 7.26. The molecule has 0 aliphatic rings. The van der Waals surface area contributed by atoms with Crippen LogP contribution in [0.4, 0.5) is 5.69 Å². The van der Waals surface area contributed by atoms with E-state index in [1.54, 1.807) is 0 Å². The molecule has 76 valence electrons. The Balaban J connectivity index is 0.00000196. The summed E-state index contributed by atoms with van der Waals surface area (Å²) in [7, 11) is 0. The number of aliphatic hydroxyl groups is 1. The van der Waals surface area contributed by atoms with Gasteiger partial charge in [-0.2, -0.15) is 0 Å². The van der Waals surface area contributed by atoms with Crippen LogP contribution >= 0.6 is 0 Å². The molecule has 2 N–H and O–H groups in total. The molecule has 0 fully saturated rings. The van der Waals surface area contributed by atoms with Gasteiger partial charge in [-0.3, -0.25) is 0 Å². The van der Waals surface area contributed by atoms with E-state index in [9.17, 15) is 12.6 Å². The molecule has 0 bridgehead atoms. The molecule has 0 aliphatic carbocycles. The molecule has 0 saturated carbocycles. The first-order valence-electron chi connectivity index (χ1n) is 3.85. The van der Waals surface area contributed by atoms with E-state index in [1.807, 2.05) is 0 Å². The maximum absolute atomic E-state index is 10.7. The predicted octanol–water partition coefficient (Wildman–Crippen LogP) is -5.16. The van der Waals surface area contributed by atoms with Crippen LogP contribution in [0.3, 0.4) is 0 Å². The minimum atomic E-state index is -3.50. The van der Waals surface area contributed by atoms with Crippen LogP contribution in [0.15, 0.2) is 24.3 Å². The van der Waals surface area contributed by atoms with Crippen LogP contribution in [-0.2, 0) is 8.53 Å². The molecule has 0 spiro atoms. The van der Waals surface area contributed by atoms with E-state index in [2.05, 4.69) is 5.32 Å². The van der Waals surface area contributed by atoms with Crippen molar-refractivity contribution < 1.29 is 47.3 Å². The molecule has 1 atom stereocenters. The van der Waals surface area contributed by atoms with E-state index < -0.39 is 27.4 Å². The van der Waals surface area contributed by atoms with Crippen molar-refractivity contribution in [3.8, 4) is 0 Å². The second kappa shape index (κ2) is 7.28. The third-order valence-corrected chi connectivity index (χ3v) is 3.24. The molecule has 1 aromatic carbocycles. The Morgan fingerprint density at radius 3 is 2.33 bits per heavy atom. The third kappa shape index (κ3) is 5.02. The summed E-state index contributed by atoms with van der Waals surface area (Å²) in [6.45, 7) is -0.593. The summed E-state index contributed by atoms with van der Waals surface area (Å²) < 4.78 is 21.5. The normalized spacial score (nSPS) is 11.3. The first kappa shape index (κ1) is 15.0. The van der Waals surface area contributed by atoms with E-state index in [0.717, 1.165) is 0 Å². The predicted molar refractivity (Wildman–Crippen MR) is 49.6 cm³/mol. The monoisotopic (exact) mass is 281 g/mol. The molecule has 1 unspecified atom stereocenters. The minimum Gasteiger partial charge on any atom is 1.00 e. The molecule has 5 nitrogen and oxygen atoms in total. The summed E-state index contributed by atoms with van der Waals surface area (Å²) >= 11 is -3.50. The van der Waals surface area contributed by atoms with Crippen molar-refractivity contribution in [2.24, 2.45) is 0 Å². The van der Waals surface area contributed by atoms with Gasteiger partial charge in [0.15, 0.2) is 0 Å². The van der Waals surface area contributed by atoms with E-state index in [-0.39, 0.29) is 33.9 Å². The number of nitrogens with one attached hydrogen (secondary N) is 1. The summed E-state index contributed by atoms with van der Waals surface area (Å²) in [6, 6.07) is 5.79. The van der Waals surface area contributed by atoms with Crippen LogP contribution in [0.5, 0.6) is 0 Å².